The van der Waals surface area contributed by atoms with Gasteiger partial charge in [-0.15, -0.1) is 0 Å². The van der Waals surface area contributed by atoms with E-state index in [1.165, 1.54) is 6.33 Å². The van der Waals surface area contributed by atoms with Gasteiger partial charge >= 0.3 is 5.97 Å². The maximum absolute atomic E-state index is 12.1. The molecule has 0 fully saturated rings. The number of nitrogens with two attached hydrogens (primary N) is 1. The third kappa shape index (κ3) is 2.69. The van der Waals surface area contributed by atoms with Gasteiger partial charge in [0.25, 0.3) is 0 Å². The third-order valence-corrected chi connectivity index (χ3v) is 3.79. The Morgan fingerprint density at radius 2 is 2.17 bits per heavy atom. The molecule has 0 radical (unpaired) electrons. The van der Waals surface area contributed by atoms with E-state index < -0.39 is 0 Å². The Morgan fingerprint density at radius 1 is 1.35 bits per heavy atom. The van der Waals surface area contributed by atoms with E-state index >= 15 is 0 Å². The molecule has 3 aromatic rings. The first-order valence-electron chi connectivity index (χ1n) is 7.63. The van der Waals surface area contributed by atoms with E-state index in [1.54, 1.807) is 10.8 Å². The van der Waals surface area contributed by atoms with Crippen molar-refractivity contribution in [2.75, 3.05) is 12.3 Å². The Morgan fingerprint density at radius 3 is 2.96 bits per heavy atom. The van der Waals surface area contributed by atoms with Crippen LogP contribution in [-0.2, 0) is 16.1 Å². The molecule has 0 amide bonds. The van der Waals surface area contributed by atoms with Gasteiger partial charge in [-0.1, -0.05) is 13.3 Å². The van der Waals surface area contributed by atoms with Crippen LogP contribution in [0, 0.1) is 6.92 Å². The van der Waals surface area contributed by atoms with Crippen molar-refractivity contribution in [1.82, 2.24) is 19.5 Å². The molecule has 3 heterocycles. The minimum atomic E-state index is -0.294. The highest BCUT2D eigenvalue weighted by Gasteiger charge is 2.19. The highest BCUT2D eigenvalue weighted by molar-refractivity contribution is 6.10. The fraction of sp³-hybridized carbons (Fsp3) is 0.375. The molecular weight excluding hydrogens is 294 g/mol. The van der Waals surface area contributed by atoms with Gasteiger partial charge in [-0.25, -0.2) is 9.97 Å². The molecule has 3 aromatic heterocycles. The molecular formula is C16H19N5O2. The average molecular weight is 313 g/mol. The Balaban J connectivity index is 2.10. The molecule has 120 valence electrons. The van der Waals surface area contributed by atoms with Crippen LogP contribution < -0.4 is 5.73 Å². The summed E-state index contributed by atoms with van der Waals surface area (Å²) < 4.78 is 7.07. The number of hydrogen-bond acceptors (Lipinski definition) is 6. The first kappa shape index (κ1) is 15.2. The number of fused-ring (bicyclic) bond motifs is 3. The van der Waals surface area contributed by atoms with Crippen LogP contribution in [0.25, 0.3) is 22.1 Å². The van der Waals surface area contributed by atoms with Gasteiger partial charge in [-0.3, -0.25) is 9.78 Å². The molecule has 0 saturated carbocycles. The van der Waals surface area contributed by atoms with Crippen LogP contribution in [0.5, 0.6) is 0 Å². The fourth-order valence-corrected chi connectivity index (χ4v) is 2.66. The molecule has 0 atom stereocenters. The van der Waals surface area contributed by atoms with Crippen LogP contribution in [0.4, 0.5) is 5.82 Å². The zero-order valence-electron chi connectivity index (χ0n) is 13.2. The van der Waals surface area contributed by atoms with Crippen molar-refractivity contribution >= 4 is 33.9 Å². The number of anilines is 1. The molecule has 0 saturated heterocycles. The van der Waals surface area contributed by atoms with E-state index in [2.05, 4.69) is 21.9 Å². The van der Waals surface area contributed by atoms with Gasteiger partial charge in [-0.05, 0) is 25.0 Å². The number of rotatable bonds is 5. The number of carbonyl (C=O) groups is 1. The first-order valence-corrected chi connectivity index (χ1v) is 7.63. The highest BCUT2D eigenvalue weighted by atomic mass is 16.5. The number of hydrogen-bond donors (Lipinski definition) is 1. The number of unbranched alkanes of at least 4 members (excludes halogenated alkanes) is 1. The van der Waals surface area contributed by atoms with Gasteiger partial charge in [0.15, 0.2) is 0 Å². The van der Waals surface area contributed by atoms with Crippen molar-refractivity contribution in [3.8, 4) is 0 Å². The maximum Gasteiger partial charge on any atom is 0.326 e. The summed E-state index contributed by atoms with van der Waals surface area (Å²) in [5.41, 5.74) is 9.13. The molecule has 7 nitrogen and oxygen atoms in total. The lowest BCUT2D eigenvalue weighted by Gasteiger charge is -2.08. The predicted octanol–water partition coefficient (Wildman–Crippen LogP) is 2.21. The van der Waals surface area contributed by atoms with Crippen molar-refractivity contribution in [3.63, 3.8) is 0 Å². The summed E-state index contributed by atoms with van der Waals surface area (Å²) in [6, 6.07) is 1.89. The molecule has 0 unspecified atom stereocenters. The molecule has 0 aliphatic carbocycles. The second-order valence-electron chi connectivity index (χ2n) is 5.44. The lowest BCUT2D eigenvalue weighted by molar-refractivity contribution is -0.144. The number of esters is 1. The number of ether oxygens (including phenoxy) is 1. The minimum Gasteiger partial charge on any atom is -0.464 e. The van der Waals surface area contributed by atoms with Crippen molar-refractivity contribution in [3.05, 3.63) is 24.2 Å². The van der Waals surface area contributed by atoms with Crippen molar-refractivity contribution in [1.29, 1.82) is 0 Å². The number of nitrogen functional groups attached to an aromatic ring is 1. The summed E-state index contributed by atoms with van der Waals surface area (Å²) in [5.74, 6) is 0.0638. The van der Waals surface area contributed by atoms with Crippen LogP contribution in [-0.4, -0.2) is 32.1 Å². The van der Waals surface area contributed by atoms with Gasteiger partial charge < -0.3 is 15.0 Å². The number of aromatic nitrogens is 4. The first-order chi connectivity index (χ1) is 11.1. The Labute approximate surface area is 133 Å². The Kier molecular flexibility index (Phi) is 4.10. The van der Waals surface area contributed by atoms with Gasteiger partial charge in [0.1, 0.15) is 29.9 Å². The largest absolute Gasteiger partial charge is 0.464 e. The summed E-state index contributed by atoms with van der Waals surface area (Å²) in [7, 11) is 0. The number of nitrogens with zero attached hydrogens (tertiary/aromatic N) is 4. The molecule has 3 rings (SSSR count). The van der Waals surface area contributed by atoms with E-state index in [1.807, 2.05) is 13.0 Å². The smallest absolute Gasteiger partial charge is 0.326 e. The summed E-state index contributed by atoms with van der Waals surface area (Å²) in [6.45, 7) is 4.52. The molecule has 7 heteroatoms. The van der Waals surface area contributed by atoms with Gasteiger partial charge in [0.05, 0.1) is 17.5 Å². The monoisotopic (exact) mass is 313 g/mol. The molecule has 0 aliphatic rings. The zero-order valence-corrected chi connectivity index (χ0v) is 13.2. The molecule has 2 N–H and O–H groups in total. The highest BCUT2D eigenvalue weighted by Crippen LogP contribution is 2.30. The lowest BCUT2D eigenvalue weighted by atomic mass is 10.2. The normalized spacial score (nSPS) is 11.2. The predicted molar refractivity (Wildman–Crippen MR) is 87.8 cm³/mol. The van der Waals surface area contributed by atoms with Gasteiger partial charge in [0, 0.05) is 6.20 Å². The van der Waals surface area contributed by atoms with E-state index in [0.717, 1.165) is 23.9 Å². The molecule has 23 heavy (non-hydrogen) atoms. The molecule has 0 aromatic carbocycles. The van der Waals surface area contributed by atoms with Crippen LogP contribution in [0.3, 0.4) is 0 Å². The lowest BCUT2D eigenvalue weighted by Crippen LogP contribution is -2.15. The Bertz CT molecular complexity index is 872. The summed E-state index contributed by atoms with van der Waals surface area (Å²) in [4.78, 5) is 24.9. The fourth-order valence-electron chi connectivity index (χ4n) is 2.66. The molecule has 0 bridgehead atoms. The Hall–Kier alpha value is -2.70. The summed E-state index contributed by atoms with van der Waals surface area (Å²) >= 11 is 0. The third-order valence-electron chi connectivity index (χ3n) is 3.79. The van der Waals surface area contributed by atoms with E-state index in [0.29, 0.717) is 29.0 Å². The van der Waals surface area contributed by atoms with Crippen molar-refractivity contribution < 1.29 is 9.53 Å². The molecule has 0 aliphatic heterocycles. The summed E-state index contributed by atoms with van der Waals surface area (Å²) in [6.07, 6.45) is 4.95. The van der Waals surface area contributed by atoms with Crippen LogP contribution in [0.2, 0.25) is 0 Å². The van der Waals surface area contributed by atoms with E-state index in [9.17, 15) is 4.79 Å². The van der Waals surface area contributed by atoms with Crippen LogP contribution in [0.1, 0.15) is 25.3 Å². The summed E-state index contributed by atoms with van der Waals surface area (Å²) in [5, 5.41) is 0.674. The van der Waals surface area contributed by atoms with E-state index in [-0.39, 0.29) is 12.5 Å². The van der Waals surface area contributed by atoms with Gasteiger partial charge in [0.2, 0.25) is 0 Å². The van der Waals surface area contributed by atoms with Crippen LogP contribution >= 0.6 is 0 Å². The number of aryl methyl sites for hydroxylation is 1. The minimum absolute atomic E-state index is 0.0761. The number of pyridine rings is 1. The quantitative estimate of drug-likeness (QED) is 0.573. The number of carbonyl (C=O) groups excluding carboxylic acids is 1. The van der Waals surface area contributed by atoms with Crippen LogP contribution in [0.15, 0.2) is 18.6 Å². The van der Waals surface area contributed by atoms with Gasteiger partial charge in [-0.2, -0.15) is 0 Å². The van der Waals surface area contributed by atoms with Crippen molar-refractivity contribution in [2.24, 2.45) is 0 Å². The molecule has 0 spiro atoms. The average Bonchev–Trinajstić information content (AvgIpc) is 2.84. The topological polar surface area (TPSA) is 95.9 Å². The van der Waals surface area contributed by atoms with Crippen molar-refractivity contribution in [2.45, 2.75) is 33.2 Å². The standard InChI is InChI=1S/C16H19N5O2/c1-3-4-7-23-11(22)8-21-14-10(2)5-6-18-13(14)12-15(17)19-9-20-16(12)21/h5-6,9H,3-4,7-8H2,1-2H3,(H2,17,19,20). The SMILES string of the molecule is CCCCOC(=O)Cn1c2ncnc(N)c2c2nccc(C)c21. The second kappa shape index (κ2) is 6.20. The maximum atomic E-state index is 12.1. The zero-order chi connectivity index (χ0) is 16.4. The van der Waals surface area contributed by atoms with E-state index in [4.69, 9.17) is 10.5 Å². The second-order valence-corrected chi connectivity index (χ2v) is 5.44.